The van der Waals surface area contributed by atoms with E-state index in [0.29, 0.717) is 29.5 Å². The van der Waals surface area contributed by atoms with Gasteiger partial charge in [-0.15, -0.1) is 0 Å². The van der Waals surface area contributed by atoms with Gasteiger partial charge in [0.05, 0.1) is 31.7 Å². The van der Waals surface area contributed by atoms with Crippen molar-refractivity contribution in [2.45, 2.75) is 12.8 Å². The van der Waals surface area contributed by atoms with Crippen molar-refractivity contribution < 1.29 is 14.3 Å². The van der Waals surface area contributed by atoms with E-state index in [9.17, 15) is 4.79 Å². The molecule has 1 amide bonds. The normalized spacial score (nSPS) is 14.8. The van der Waals surface area contributed by atoms with Gasteiger partial charge in [-0.2, -0.15) is 0 Å². The average molecular weight is 355 g/mol. The molecule has 1 N–H and O–H groups in total. The molecule has 1 aliphatic heterocycles. The van der Waals surface area contributed by atoms with E-state index in [2.05, 4.69) is 21.3 Å². The summed E-state index contributed by atoms with van der Waals surface area (Å²) in [5, 5.41) is 3.04. The number of nitrogens with zero attached hydrogens (tertiary/aromatic N) is 2. The monoisotopic (exact) mass is 355 g/mol. The Kier molecular flexibility index (Phi) is 5.94. The van der Waals surface area contributed by atoms with Gasteiger partial charge in [0.1, 0.15) is 11.5 Å². The molecule has 1 saturated heterocycles. The van der Waals surface area contributed by atoms with E-state index in [1.807, 2.05) is 12.3 Å². The SMILES string of the molecule is COc1ccc(C(=O)NCC2CCN(c3cccnc3)CC2)c(OC)c1. The lowest BCUT2D eigenvalue weighted by molar-refractivity contribution is 0.0942. The van der Waals surface area contributed by atoms with E-state index in [1.54, 1.807) is 38.6 Å². The number of methoxy groups -OCH3 is 2. The van der Waals surface area contributed by atoms with E-state index < -0.39 is 0 Å². The minimum absolute atomic E-state index is 0.112. The summed E-state index contributed by atoms with van der Waals surface area (Å²) in [7, 11) is 3.14. The Morgan fingerprint density at radius 3 is 2.69 bits per heavy atom. The number of hydrogen-bond donors (Lipinski definition) is 1. The van der Waals surface area contributed by atoms with E-state index in [-0.39, 0.29) is 5.91 Å². The molecule has 1 aliphatic rings. The lowest BCUT2D eigenvalue weighted by Gasteiger charge is -2.33. The first kappa shape index (κ1) is 18.0. The second-order valence-corrected chi connectivity index (χ2v) is 6.42. The highest BCUT2D eigenvalue weighted by Crippen LogP contribution is 2.25. The van der Waals surface area contributed by atoms with E-state index in [4.69, 9.17) is 9.47 Å². The molecule has 26 heavy (non-hydrogen) atoms. The lowest BCUT2D eigenvalue weighted by atomic mass is 9.96. The van der Waals surface area contributed by atoms with Gasteiger partial charge in [0, 0.05) is 31.9 Å². The molecule has 1 fully saturated rings. The summed E-state index contributed by atoms with van der Waals surface area (Å²) in [6.45, 7) is 2.64. The van der Waals surface area contributed by atoms with Gasteiger partial charge < -0.3 is 19.7 Å². The molecule has 138 valence electrons. The molecule has 0 radical (unpaired) electrons. The predicted molar refractivity (Wildman–Crippen MR) is 101 cm³/mol. The molecule has 2 aromatic rings. The zero-order valence-electron chi connectivity index (χ0n) is 15.3. The Bertz CT molecular complexity index is 728. The molecule has 0 saturated carbocycles. The van der Waals surface area contributed by atoms with Gasteiger partial charge in [0.15, 0.2) is 0 Å². The largest absolute Gasteiger partial charge is 0.497 e. The number of carbonyl (C=O) groups excluding carboxylic acids is 1. The van der Waals surface area contributed by atoms with Gasteiger partial charge in [-0.3, -0.25) is 9.78 Å². The second-order valence-electron chi connectivity index (χ2n) is 6.42. The lowest BCUT2D eigenvalue weighted by Crippen LogP contribution is -2.38. The van der Waals surface area contributed by atoms with Crippen LogP contribution >= 0.6 is 0 Å². The summed E-state index contributed by atoms with van der Waals surface area (Å²) in [6.07, 6.45) is 5.79. The third-order valence-corrected chi connectivity index (χ3v) is 4.83. The summed E-state index contributed by atoms with van der Waals surface area (Å²) in [5.74, 6) is 1.56. The summed E-state index contributed by atoms with van der Waals surface area (Å²) >= 11 is 0. The summed E-state index contributed by atoms with van der Waals surface area (Å²) < 4.78 is 10.5. The van der Waals surface area contributed by atoms with Crippen LogP contribution in [0.15, 0.2) is 42.7 Å². The molecule has 0 bridgehead atoms. The molecule has 3 rings (SSSR count). The van der Waals surface area contributed by atoms with Gasteiger partial charge in [-0.1, -0.05) is 0 Å². The minimum Gasteiger partial charge on any atom is -0.497 e. The Labute approximate surface area is 154 Å². The number of piperidine rings is 1. The maximum atomic E-state index is 12.5. The number of amides is 1. The van der Waals surface area contributed by atoms with E-state index in [1.165, 1.54) is 0 Å². The standard InChI is InChI=1S/C20H25N3O3/c1-25-17-5-6-18(19(12-17)26-2)20(24)22-13-15-7-10-23(11-8-15)16-4-3-9-21-14-16/h3-6,9,12,14-15H,7-8,10-11,13H2,1-2H3,(H,22,24). The van der Waals surface area contributed by atoms with Crippen LogP contribution in [0.1, 0.15) is 23.2 Å². The molecule has 0 atom stereocenters. The van der Waals surface area contributed by atoms with Gasteiger partial charge in [0.2, 0.25) is 0 Å². The number of benzene rings is 1. The molecule has 2 heterocycles. The molecule has 0 aliphatic carbocycles. The maximum Gasteiger partial charge on any atom is 0.255 e. The highest BCUT2D eigenvalue weighted by atomic mass is 16.5. The number of ether oxygens (including phenoxy) is 2. The maximum absolute atomic E-state index is 12.5. The van der Waals surface area contributed by atoms with Gasteiger partial charge in [-0.25, -0.2) is 0 Å². The highest BCUT2D eigenvalue weighted by molar-refractivity contribution is 5.97. The fourth-order valence-corrected chi connectivity index (χ4v) is 3.25. The zero-order valence-corrected chi connectivity index (χ0v) is 15.3. The van der Waals surface area contributed by atoms with Crippen LogP contribution in [0.5, 0.6) is 11.5 Å². The van der Waals surface area contributed by atoms with Crippen LogP contribution in [-0.4, -0.2) is 44.7 Å². The van der Waals surface area contributed by atoms with Gasteiger partial charge in [0.25, 0.3) is 5.91 Å². The molecule has 0 unspecified atom stereocenters. The molecule has 1 aromatic heterocycles. The number of aromatic nitrogens is 1. The first-order chi connectivity index (χ1) is 12.7. The van der Waals surface area contributed by atoms with Crippen LogP contribution in [0.2, 0.25) is 0 Å². The Morgan fingerprint density at radius 2 is 2.04 bits per heavy atom. The highest BCUT2D eigenvalue weighted by Gasteiger charge is 2.21. The third kappa shape index (κ3) is 4.25. The van der Waals surface area contributed by atoms with Crippen LogP contribution in [0.3, 0.4) is 0 Å². The van der Waals surface area contributed by atoms with Crippen molar-refractivity contribution in [2.24, 2.45) is 5.92 Å². The summed E-state index contributed by atoms with van der Waals surface area (Å²) in [4.78, 5) is 19.0. The Morgan fingerprint density at radius 1 is 1.23 bits per heavy atom. The van der Waals surface area contributed by atoms with Crippen molar-refractivity contribution in [2.75, 3.05) is 38.8 Å². The van der Waals surface area contributed by atoms with Crippen LogP contribution in [-0.2, 0) is 0 Å². The van der Waals surface area contributed by atoms with Crippen molar-refractivity contribution >= 4 is 11.6 Å². The molecular weight excluding hydrogens is 330 g/mol. The quantitative estimate of drug-likeness (QED) is 0.863. The van der Waals surface area contributed by atoms with Gasteiger partial charge >= 0.3 is 0 Å². The fourth-order valence-electron chi connectivity index (χ4n) is 3.25. The number of rotatable bonds is 6. The summed E-state index contributed by atoms with van der Waals surface area (Å²) in [6, 6.07) is 9.28. The van der Waals surface area contributed by atoms with E-state index >= 15 is 0 Å². The minimum atomic E-state index is -0.112. The first-order valence-electron chi connectivity index (χ1n) is 8.86. The zero-order chi connectivity index (χ0) is 18.4. The second kappa shape index (κ2) is 8.56. The first-order valence-corrected chi connectivity index (χ1v) is 8.86. The van der Waals surface area contributed by atoms with Crippen LogP contribution in [0.25, 0.3) is 0 Å². The number of pyridine rings is 1. The topological polar surface area (TPSA) is 63.7 Å². The number of carbonyl (C=O) groups is 1. The third-order valence-electron chi connectivity index (χ3n) is 4.83. The van der Waals surface area contributed by atoms with Crippen molar-refractivity contribution in [3.63, 3.8) is 0 Å². The fraction of sp³-hybridized carbons (Fsp3) is 0.400. The van der Waals surface area contributed by atoms with Crippen LogP contribution in [0, 0.1) is 5.92 Å². The molecule has 6 heteroatoms. The van der Waals surface area contributed by atoms with Crippen LogP contribution in [0.4, 0.5) is 5.69 Å². The smallest absolute Gasteiger partial charge is 0.255 e. The predicted octanol–water partition coefficient (Wildman–Crippen LogP) is 2.75. The molecule has 0 spiro atoms. The molecule has 6 nitrogen and oxygen atoms in total. The average Bonchev–Trinajstić information content (AvgIpc) is 2.72. The number of anilines is 1. The van der Waals surface area contributed by atoms with E-state index in [0.717, 1.165) is 31.6 Å². The Balaban J connectivity index is 1.51. The van der Waals surface area contributed by atoms with Crippen molar-refractivity contribution in [3.8, 4) is 11.5 Å². The number of nitrogens with one attached hydrogen (secondary N) is 1. The van der Waals surface area contributed by atoms with Gasteiger partial charge in [-0.05, 0) is 43.0 Å². The molecule has 1 aromatic carbocycles. The molecular formula is C20H25N3O3. The van der Waals surface area contributed by atoms with Crippen molar-refractivity contribution in [3.05, 3.63) is 48.3 Å². The Hall–Kier alpha value is -2.76. The number of hydrogen-bond acceptors (Lipinski definition) is 5. The summed E-state index contributed by atoms with van der Waals surface area (Å²) in [5.41, 5.74) is 1.69. The van der Waals surface area contributed by atoms with Crippen molar-refractivity contribution in [1.29, 1.82) is 0 Å². The van der Waals surface area contributed by atoms with Crippen LogP contribution < -0.4 is 19.7 Å². The van der Waals surface area contributed by atoms with Crippen molar-refractivity contribution in [1.82, 2.24) is 10.3 Å².